The molecule has 0 aromatic rings. The van der Waals surface area contributed by atoms with Crippen LogP contribution in [0.5, 0.6) is 0 Å². The molecule has 0 heterocycles. The van der Waals surface area contributed by atoms with Gasteiger partial charge < -0.3 is 10.2 Å². The Kier molecular flexibility index (Phi) is 5.47. The van der Waals surface area contributed by atoms with Crippen molar-refractivity contribution in [2.45, 2.75) is 6.92 Å². The van der Waals surface area contributed by atoms with Crippen molar-refractivity contribution in [3.8, 4) is 0 Å². The Morgan fingerprint density at radius 3 is 3.00 bits per heavy atom. The first-order valence-electron chi connectivity index (χ1n) is 3.00. The second-order valence-corrected chi connectivity index (χ2v) is 1.55. The highest BCUT2D eigenvalue weighted by atomic mass is 16.6. The molecule has 0 bridgehead atoms. The molecule has 10 heavy (non-hydrogen) atoms. The molecule has 0 amide bonds. The Balaban J connectivity index is 3.36. The smallest absolute Gasteiger partial charge is 0.207 e. The van der Waals surface area contributed by atoms with Crippen molar-refractivity contribution in [2.75, 3.05) is 13.7 Å². The first-order valence-corrected chi connectivity index (χ1v) is 3.00. The lowest BCUT2D eigenvalue weighted by Gasteiger charge is -2.00. The third kappa shape index (κ3) is 5.11. The van der Waals surface area contributed by atoms with E-state index in [0.717, 1.165) is 0 Å². The number of nitrogens with zero attached hydrogens (tertiary/aromatic N) is 1. The Hall–Kier alpha value is -1.03. The van der Waals surface area contributed by atoms with Gasteiger partial charge in [0.15, 0.2) is 0 Å². The molecule has 0 aromatic heterocycles. The summed E-state index contributed by atoms with van der Waals surface area (Å²) in [6.07, 6.45) is 1.58. The fraction of sp³-hybridized carbons (Fsp3) is 0.500. The largest absolute Gasteiger partial charge is 0.394 e. The van der Waals surface area contributed by atoms with Crippen LogP contribution >= 0.6 is 0 Å². The molecule has 0 aromatic carbocycles. The molecule has 0 saturated carbocycles. The fourth-order valence-corrected chi connectivity index (χ4v) is 0.402. The fourth-order valence-electron chi connectivity index (χ4n) is 0.402. The summed E-state index contributed by atoms with van der Waals surface area (Å²) in [5, 5.41) is 2.81. The highest BCUT2D eigenvalue weighted by Crippen LogP contribution is 1.74. The minimum atomic E-state index is 0.497. The molecule has 0 aliphatic heterocycles. The third-order valence-electron chi connectivity index (χ3n) is 0.787. The summed E-state index contributed by atoms with van der Waals surface area (Å²) in [7, 11) is 1.68. The maximum Gasteiger partial charge on any atom is 0.207 e. The molecule has 0 unspecified atom stereocenters. The quantitative estimate of drug-likeness (QED) is 0.256. The van der Waals surface area contributed by atoms with Gasteiger partial charge in [0.05, 0.1) is 0 Å². The minimum Gasteiger partial charge on any atom is -0.394 e. The maximum absolute atomic E-state index is 4.81. The molecule has 4 nitrogen and oxygen atoms in total. The van der Waals surface area contributed by atoms with Gasteiger partial charge in [0, 0.05) is 14.0 Å². The van der Waals surface area contributed by atoms with E-state index in [1.165, 1.54) is 0 Å². The molecule has 0 atom stereocenters. The maximum atomic E-state index is 4.81. The van der Waals surface area contributed by atoms with Gasteiger partial charge in [-0.3, -0.25) is 0 Å². The number of hydroxylamine groups is 1. The molecule has 0 saturated heterocycles. The van der Waals surface area contributed by atoms with E-state index in [2.05, 4.69) is 22.4 Å². The highest BCUT2D eigenvalue weighted by Gasteiger charge is 1.84. The van der Waals surface area contributed by atoms with Crippen LogP contribution < -0.4 is 10.8 Å². The van der Waals surface area contributed by atoms with E-state index in [0.29, 0.717) is 12.6 Å². The van der Waals surface area contributed by atoms with Crippen LogP contribution in [-0.2, 0) is 4.84 Å². The number of hydrogen-bond donors (Lipinski definition) is 2. The topological polar surface area (TPSA) is 45.7 Å². The minimum absolute atomic E-state index is 0.497. The average molecular weight is 143 g/mol. The summed E-state index contributed by atoms with van der Waals surface area (Å²) < 4.78 is 0. The summed E-state index contributed by atoms with van der Waals surface area (Å²) in [6, 6.07) is 0. The zero-order valence-corrected chi connectivity index (χ0v) is 6.35. The Bertz CT molecular complexity index is 122. The lowest BCUT2D eigenvalue weighted by atomic mass is 10.8. The second kappa shape index (κ2) is 6.10. The van der Waals surface area contributed by atoms with E-state index < -0.39 is 0 Å². The molecule has 0 rings (SSSR count). The molecular weight excluding hydrogens is 130 g/mol. The zero-order chi connectivity index (χ0) is 7.82. The van der Waals surface area contributed by atoms with Crippen molar-refractivity contribution in [1.82, 2.24) is 10.8 Å². The number of aliphatic imine (C=N–C) groups is 1. The van der Waals surface area contributed by atoms with Crippen LogP contribution in [0.1, 0.15) is 6.92 Å². The van der Waals surface area contributed by atoms with Crippen molar-refractivity contribution < 1.29 is 4.84 Å². The molecule has 0 aliphatic rings. The third-order valence-corrected chi connectivity index (χ3v) is 0.787. The predicted octanol–water partition coefficient (Wildman–Crippen LogP) is 0.246. The van der Waals surface area contributed by atoms with Gasteiger partial charge in [-0.15, -0.1) is 0 Å². The number of nitrogens with one attached hydrogen (secondary N) is 2. The first-order chi connectivity index (χ1) is 4.81. The van der Waals surface area contributed by atoms with Crippen molar-refractivity contribution in [3.05, 3.63) is 12.8 Å². The molecule has 0 fully saturated rings. The molecule has 0 aliphatic carbocycles. The van der Waals surface area contributed by atoms with Crippen LogP contribution in [0.2, 0.25) is 0 Å². The predicted molar refractivity (Wildman–Crippen MR) is 41.5 cm³/mol. The molecule has 58 valence electrons. The van der Waals surface area contributed by atoms with Crippen LogP contribution in [-0.4, -0.2) is 19.6 Å². The monoisotopic (exact) mass is 143 g/mol. The normalized spacial score (nSPS) is 10.8. The van der Waals surface area contributed by atoms with Crippen LogP contribution in [0, 0.1) is 0 Å². The van der Waals surface area contributed by atoms with Crippen molar-refractivity contribution in [3.63, 3.8) is 0 Å². The molecule has 2 N–H and O–H groups in total. The molecule has 4 heteroatoms. The van der Waals surface area contributed by atoms with E-state index in [9.17, 15) is 0 Å². The van der Waals surface area contributed by atoms with Gasteiger partial charge in [0.25, 0.3) is 0 Å². The summed E-state index contributed by atoms with van der Waals surface area (Å²) >= 11 is 0. The SMILES string of the molecule is C=CNCN=C(C)ONC. The number of hydrogen-bond acceptors (Lipinski definition) is 4. The van der Waals surface area contributed by atoms with E-state index in [1.54, 1.807) is 20.2 Å². The van der Waals surface area contributed by atoms with Crippen LogP contribution in [0.4, 0.5) is 0 Å². The van der Waals surface area contributed by atoms with Gasteiger partial charge in [0.1, 0.15) is 6.67 Å². The van der Waals surface area contributed by atoms with E-state index in [1.807, 2.05) is 0 Å². The standard InChI is InChI=1S/C6H13N3O/c1-4-8-5-9-6(2)10-7-3/h4,7-8H,1,5H2,2-3H3. The Morgan fingerprint density at radius 2 is 2.50 bits per heavy atom. The Morgan fingerprint density at radius 1 is 1.80 bits per heavy atom. The van der Waals surface area contributed by atoms with Gasteiger partial charge in [-0.1, -0.05) is 6.58 Å². The summed E-state index contributed by atoms with van der Waals surface area (Å²) in [5.74, 6) is 0.594. The highest BCUT2D eigenvalue weighted by molar-refractivity contribution is 5.72. The van der Waals surface area contributed by atoms with Crippen LogP contribution in [0.3, 0.4) is 0 Å². The van der Waals surface area contributed by atoms with Gasteiger partial charge in [-0.05, 0) is 6.20 Å². The zero-order valence-electron chi connectivity index (χ0n) is 6.35. The van der Waals surface area contributed by atoms with Crippen LogP contribution in [0.15, 0.2) is 17.8 Å². The van der Waals surface area contributed by atoms with E-state index in [-0.39, 0.29) is 0 Å². The summed E-state index contributed by atoms with van der Waals surface area (Å²) in [6.45, 7) is 5.73. The number of rotatable bonds is 4. The lowest BCUT2D eigenvalue weighted by molar-refractivity contribution is 0.206. The molecule has 0 spiro atoms. The van der Waals surface area contributed by atoms with Gasteiger partial charge in [-0.2, -0.15) is 5.48 Å². The van der Waals surface area contributed by atoms with E-state index in [4.69, 9.17) is 4.84 Å². The van der Waals surface area contributed by atoms with Crippen LogP contribution in [0.25, 0.3) is 0 Å². The van der Waals surface area contributed by atoms with E-state index >= 15 is 0 Å². The lowest BCUT2D eigenvalue weighted by Crippen LogP contribution is -2.14. The summed E-state index contributed by atoms with van der Waals surface area (Å²) in [4.78, 5) is 8.77. The summed E-state index contributed by atoms with van der Waals surface area (Å²) in [5.41, 5.74) is 2.51. The second-order valence-electron chi connectivity index (χ2n) is 1.55. The Labute approximate surface area is 60.9 Å². The van der Waals surface area contributed by atoms with Crippen molar-refractivity contribution >= 4 is 5.90 Å². The van der Waals surface area contributed by atoms with Crippen molar-refractivity contribution in [2.24, 2.45) is 4.99 Å². The molecule has 0 radical (unpaired) electrons. The molecular formula is C6H13N3O. The van der Waals surface area contributed by atoms with Gasteiger partial charge in [-0.25, -0.2) is 4.99 Å². The van der Waals surface area contributed by atoms with Gasteiger partial charge >= 0.3 is 0 Å². The average Bonchev–Trinajstić information content (AvgIpc) is 1.89. The van der Waals surface area contributed by atoms with Gasteiger partial charge in [0.2, 0.25) is 5.90 Å². The van der Waals surface area contributed by atoms with Crippen molar-refractivity contribution in [1.29, 1.82) is 0 Å². The first kappa shape index (κ1) is 8.97.